The van der Waals surface area contributed by atoms with Crippen LogP contribution in [-0.4, -0.2) is 64.3 Å². The van der Waals surface area contributed by atoms with Gasteiger partial charge in [-0.2, -0.15) is 0 Å². The van der Waals surface area contributed by atoms with Crippen LogP contribution >= 0.6 is 0 Å². The van der Waals surface area contributed by atoms with Crippen molar-refractivity contribution in [1.82, 2.24) is 4.90 Å². The Balaban J connectivity index is 2.12. The van der Waals surface area contributed by atoms with E-state index in [1.807, 2.05) is 13.8 Å². The van der Waals surface area contributed by atoms with E-state index in [4.69, 9.17) is 10.8 Å². The lowest BCUT2D eigenvalue weighted by molar-refractivity contribution is -0.142. The summed E-state index contributed by atoms with van der Waals surface area (Å²) in [4.78, 5) is 26.4. The van der Waals surface area contributed by atoms with Crippen molar-refractivity contribution in [1.29, 1.82) is 0 Å². The Kier molecular flexibility index (Phi) is 6.74. The highest BCUT2D eigenvalue weighted by molar-refractivity contribution is 5.96. The van der Waals surface area contributed by atoms with E-state index in [1.54, 1.807) is 4.90 Å². The molecular formula is C19H27F2N3O4. The second-order valence-electron chi connectivity index (χ2n) is 7.95. The molecule has 1 aliphatic rings. The first-order valence-electron chi connectivity index (χ1n) is 9.10. The van der Waals surface area contributed by atoms with Crippen LogP contribution in [-0.2, 0) is 9.59 Å². The number of nitrogens with zero attached hydrogens (tertiary/aromatic N) is 2. The normalized spacial score (nSPS) is 20.7. The minimum absolute atomic E-state index is 0.00865. The van der Waals surface area contributed by atoms with E-state index in [1.165, 1.54) is 13.0 Å². The van der Waals surface area contributed by atoms with Gasteiger partial charge in [-0.25, -0.2) is 8.78 Å². The number of hydrogen-bond acceptors (Lipinski definition) is 5. The van der Waals surface area contributed by atoms with Crippen LogP contribution in [0, 0.1) is 17.6 Å². The number of carboxylic acid groups (broad SMARTS) is 1. The molecule has 0 spiro atoms. The Labute approximate surface area is 162 Å². The molecule has 3 atom stereocenters. The van der Waals surface area contributed by atoms with Gasteiger partial charge in [0.25, 0.3) is 0 Å². The fourth-order valence-electron chi connectivity index (χ4n) is 3.31. The Morgan fingerprint density at radius 3 is 2.43 bits per heavy atom. The molecule has 156 valence electrons. The lowest BCUT2D eigenvalue weighted by atomic mass is 9.94. The second kappa shape index (κ2) is 8.50. The molecule has 0 aliphatic carbocycles. The number of hydrogen-bond donors (Lipinski definition) is 3. The van der Waals surface area contributed by atoms with Crippen LogP contribution in [0.5, 0.6) is 0 Å². The maximum Gasteiger partial charge on any atom is 0.306 e. The predicted molar refractivity (Wildman–Crippen MR) is 99.8 cm³/mol. The number of benzene rings is 1. The molecular weight excluding hydrogens is 372 g/mol. The molecule has 0 bridgehead atoms. The summed E-state index contributed by atoms with van der Waals surface area (Å²) in [5, 5.41) is 19.2. The third-order valence-corrected chi connectivity index (χ3v) is 5.18. The number of amides is 1. The molecule has 0 aromatic heterocycles. The standard InChI is InChI=1S/C19H27F2N3O4/c1-11(18(27)28)7-15(25)14(22)8-23-9-16(26)24(10-19(23,2)3)17-12(20)5-4-6-13(17)21/h4-6,11,14-15,25H,7-10,22H2,1-3H3,(H,27,28)/t11-,14+,15+/m1/s1. The predicted octanol–water partition coefficient (Wildman–Crippen LogP) is 1.19. The van der Waals surface area contributed by atoms with Gasteiger partial charge < -0.3 is 20.8 Å². The Bertz CT molecular complexity index is 724. The van der Waals surface area contributed by atoms with E-state index in [-0.39, 0.29) is 31.7 Å². The zero-order chi connectivity index (χ0) is 21.2. The number of anilines is 1. The average Bonchev–Trinajstić information content (AvgIpc) is 2.58. The van der Waals surface area contributed by atoms with Crippen molar-refractivity contribution in [3.8, 4) is 0 Å². The lowest BCUT2D eigenvalue weighted by Gasteiger charge is -2.47. The topological polar surface area (TPSA) is 107 Å². The molecule has 1 aliphatic heterocycles. The smallest absolute Gasteiger partial charge is 0.306 e. The van der Waals surface area contributed by atoms with Crippen LogP contribution < -0.4 is 10.6 Å². The minimum atomic E-state index is -1.06. The molecule has 1 saturated heterocycles. The molecule has 4 N–H and O–H groups in total. The highest BCUT2D eigenvalue weighted by atomic mass is 19.1. The fourth-order valence-corrected chi connectivity index (χ4v) is 3.31. The van der Waals surface area contributed by atoms with Gasteiger partial charge in [0, 0.05) is 24.7 Å². The highest BCUT2D eigenvalue weighted by Crippen LogP contribution is 2.30. The number of aliphatic hydroxyl groups is 1. The van der Waals surface area contributed by atoms with Gasteiger partial charge in [-0.15, -0.1) is 0 Å². The van der Waals surface area contributed by atoms with Crippen molar-refractivity contribution in [2.75, 3.05) is 24.5 Å². The number of nitrogens with two attached hydrogens (primary N) is 1. The number of piperazine rings is 1. The SMILES string of the molecule is C[C@H](C[C@H](O)[C@@H](N)CN1CC(=O)N(c2c(F)cccc2F)CC1(C)C)C(=O)O. The molecule has 1 heterocycles. The minimum Gasteiger partial charge on any atom is -0.481 e. The molecule has 1 amide bonds. The maximum atomic E-state index is 14.1. The van der Waals surface area contributed by atoms with E-state index in [9.17, 15) is 23.5 Å². The van der Waals surface area contributed by atoms with Gasteiger partial charge in [0.15, 0.2) is 0 Å². The van der Waals surface area contributed by atoms with Crippen molar-refractivity contribution in [3.63, 3.8) is 0 Å². The van der Waals surface area contributed by atoms with Crippen molar-refractivity contribution in [2.45, 2.75) is 44.9 Å². The van der Waals surface area contributed by atoms with Gasteiger partial charge in [0.05, 0.1) is 18.6 Å². The summed E-state index contributed by atoms with van der Waals surface area (Å²) < 4.78 is 28.2. The molecule has 1 aromatic carbocycles. The summed E-state index contributed by atoms with van der Waals surface area (Å²) in [5.74, 6) is -3.89. The highest BCUT2D eigenvalue weighted by Gasteiger charge is 2.41. The Morgan fingerprint density at radius 1 is 1.32 bits per heavy atom. The van der Waals surface area contributed by atoms with Crippen LogP contribution in [0.2, 0.25) is 0 Å². The van der Waals surface area contributed by atoms with E-state index in [0.29, 0.717) is 0 Å². The van der Waals surface area contributed by atoms with E-state index in [0.717, 1.165) is 17.0 Å². The first kappa shape index (κ1) is 22.2. The zero-order valence-corrected chi connectivity index (χ0v) is 16.2. The van der Waals surface area contributed by atoms with Crippen LogP contribution in [0.4, 0.5) is 14.5 Å². The third-order valence-electron chi connectivity index (χ3n) is 5.18. The molecule has 0 radical (unpaired) electrons. The summed E-state index contributed by atoms with van der Waals surface area (Å²) in [6.07, 6.45) is -1.07. The van der Waals surface area contributed by atoms with E-state index in [2.05, 4.69) is 0 Å². The van der Waals surface area contributed by atoms with Crippen molar-refractivity contribution >= 4 is 17.6 Å². The molecule has 0 saturated carbocycles. The van der Waals surface area contributed by atoms with Gasteiger partial charge >= 0.3 is 5.97 Å². The van der Waals surface area contributed by atoms with Crippen LogP contribution in [0.25, 0.3) is 0 Å². The van der Waals surface area contributed by atoms with Gasteiger partial charge in [0.1, 0.15) is 17.3 Å². The van der Waals surface area contributed by atoms with Crippen molar-refractivity contribution in [3.05, 3.63) is 29.8 Å². The van der Waals surface area contributed by atoms with E-state index < -0.39 is 47.1 Å². The summed E-state index contributed by atoms with van der Waals surface area (Å²) >= 11 is 0. The number of carboxylic acids is 1. The quantitative estimate of drug-likeness (QED) is 0.636. The second-order valence-corrected chi connectivity index (χ2v) is 7.95. The number of aliphatic carboxylic acids is 1. The van der Waals surface area contributed by atoms with Crippen LogP contribution in [0.15, 0.2) is 18.2 Å². The monoisotopic (exact) mass is 399 g/mol. The summed E-state index contributed by atoms with van der Waals surface area (Å²) in [5.41, 5.74) is 4.98. The van der Waals surface area contributed by atoms with Gasteiger partial charge in [0.2, 0.25) is 5.91 Å². The molecule has 28 heavy (non-hydrogen) atoms. The summed E-state index contributed by atoms with van der Waals surface area (Å²) in [6, 6.07) is 2.66. The molecule has 1 fully saturated rings. The first-order valence-corrected chi connectivity index (χ1v) is 9.10. The molecule has 2 rings (SSSR count). The number of aliphatic hydroxyl groups excluding tert-OH is 1. The number of carbonyl (C=O) groups is 2. The first-order chi connectivity index (χ1) is 12.9. The Morgan fingerprint density at radius 2 is 1.89 bits per heavy atom. The molecule has 7 nitrogen and oxygen atoms in total. The largest absolute Gasteiger partial charge is 0.481 e. The van der Waals surface area contributed by atoms with Gasteiger partial charge in [-0.3, -0.25) is 14.5 Å². The third kappa shape index (κ3) is 4.84. The molecule has 9 heteroatoms. The molecule has 1 aromatic rings. The van der Waals surface area contributed by atoms with Crippen LogP contribution in [0.3, 0.4) is 0 Å². The van der Waals surface area contributed by atoms with Gasteiger partial charge in [-0.1, -0.05) is 13.0 Å². The molecule has 0 unspecified atom stereocenters. The number of rotatable bonds is 7. The lowest BCUT2D eigenvalue weighted by Crippen LogP contribution is -2.64. The maximum absolute atomic E-state index is 14.1. The van der Waals surface area contributed by atoms with Crippen molar-refractivity contribution < 1.29 is 28.6 Å². The van der Waals surface area contributed by atoms with E-state index >= 15 is 0 Å². The zero-order valence-electron chi connectivity index (χ0n) is 16.2. The van der Waals surface area contributed by atoms with Crippen molar-refractivity contribution in [2.24, 2.45) is 11.7 Å². The number of halogens is 2. The summed E-state index contributed by atoms with van der Waals surface area (Å²) in [6.45, 7) is 5.15. The van der Waals surface area contributed by atoms with Crippen LogP contribution in [0.1, 0.15) is 27.2 Å². The fraction of sp³-hybridized carbons (Fsp3) is 0.579. The number of para-hydroxylation sites is 1. The Hall–Kier alpha value is -2.10. The number of carbonyl (C=O) groups excluding carboxylic acids is 1. The summed E-state index contributed by atoms with van der Waals surface area (Å²) in [7, 11) is 0. The van der Waals surface area contributed by atoms with Gasteiger partial charge in [-0.05, 0) is 32.4 Å². The average molecular weight is 399 g/mol.